The average Bonchev–Trinajstić information content (AvgIpc) is 2.36. The van der Waals surface area contributed by atoms with Gasteiger partial charge in [-0.2, -0.15) is 27.1 Å². The zero-order valence-corrected chi connectivity index (χ0v) is 14.6. The van der Waals surface area contributed by atoms with Crippen molar-refractivity contribution in [2.45, 2.75) is 26.7 Å². The van der Waals surface area contributed by atoms with Crippen molar-refractivity contribution in [2.75, 3.05) is 39.3 Å². The van der Waals surface area contributed by atoms with Crippen LogP contribution in [0.5, 0.6) is 0 Å². The molecule has 0 bridgehead atoms. The fourth-order valence-corrected chi connectivity index (χ4v) is 1.45. The van der Waals surface area contributed by atoms with E-state index in [1.165, 1.54) is 0 Å². The largest absolute Gasteiger partial charge is 2.00 e. The van der Waals surface area contributed by atoms with Gasteiger partial charge in [0.1, 0.15) is 0 Å². The second-order valence-corrected chi connectivity index (χ2v) is 5.17. The van der Waals surface area contributed by atoms with Gasteiger partial charge < -0.3 is 10.6 Å². The third kappa shape index (κ3) is 19.9. The summed E-state index contributed by atoms with van der Waals surface area (Å²) in [4.78, 5) is 8.99. The van der Waals surface area contributed by atoms with E-state index in [9.17, 15) is 0 Å². The normalized spacial score (nSPS) is 18.6. The molecule has 8 nitrogen and oxygen atoms in total. The number of aliphatic imine (C=N–C) groups is 2. The van der Waals surface area contributed by atoms with Gasteiger partial charge >= 0.3 is 16.5 Å². The fraction of sp³-hybridized carbons (Fsp3) is 0.833. The molecule has 0 spiro atoms. The van der Waals surface area contributed by atoms with E-state index in [0.717, 1.165) is 63.5 Å². The third-order valence-corrected chi connectivity index (χ3v) is 2.59. The average molecular weight is 381 g/mol. The molecule has 1 heterocycles. The minimum atomic E-state index is -4.69. The monoisotopic (exact) mass is 380 g/mol. The summed E-state index contributed by atoms with van der Waals surface area (Å²) in [5, 5.41) is 8.82. The molecule has 0 atom stereocenters. The molecular formula is C12H23ClN4NiO4. The standard InChI is InChI=1S/C12H22N4.ClHO4.Ni/c1-11-12(2)16-8-4-6-14-10-9-13-5-3-7-15-11;2-1(3,4)5;/h3-10H2,1-2H3;(H,2,3,4,5);/q-2;;+2. The zero-order chi connectivity index (χ0) is 16.1. The van der Waals surface area contributed by atoms with Crippen LogP contribution in [-0.4, -0.2) is 55.4 Å². The summed E-state index contributed by atoms with van der Waals surface area (Å²) in [7, 11) is -4.69. The van der Waals surface area contributed by atoms with Gasteiger partial charge in [-0.05, 0) is 13.8 Å². The third-order valence-electron chi connectivity index (χ3n) is 2.59. The summed E-state index contributed by atoms with van der Waals surface area (Å²) in [5.74, 6) is 0. The number of rotatable bonds is 0. The molecule has 1 aliphatic rings. The maximum absolute atomic E-state index is 8.60. The van der Waals surface area contributed by atoms with E-state index in [4.69, 9.17) is 18.6 Å². The van der Waals surface area contributed by atoms with E-state index in [-0.39, 0.29) is 16.5 Å². The summed E-state index contributed by atoms with van der Waals surface area (Å²) in [6.45, 7) is 9.33. The minimum absolute atomic E-state index is 0. The van der Waals surface area contributed by atoms with Crippen LogP contribution in [0, 0.1) is 10.2 Å². The fourth-order valence-electron chi connectivity index (χ4n) is 1.45. The molecule has 1 aliphatic heterocycles. The van der Waals surface area contributed by atoms with Gasteiger partial charge in [0, 0.05) is 13.1 Å². The minimum Gasteiger partial charge on any atom is -0.664 e. The van der Waals surface area contributed by atoms with E-state index < -0.39 is 10.2 Å². The molecule has 0 amide bonds. The van der Waals surface area contributed by atoms with Crippen molar-refractivity contribution >= 4 is 11.4 Å². The molecule has 1 N–H and O–H groups in total. The van der Waals surface area contributed by atoms with E-state index in [2.05, 4.69) is 20.6 Å². The van der Waals surface area contributed by atoms with Crippen LogP contribution in [0.25, 0.3) is 10.6 Å². The summed E-state index contributed by atoms with van der Waals surface area (Å²) >= 11 is 0. The molecule has 0 fully saturated rings. The van der Waals surface area contributed by atoms with Gasteiger partial charge in [0.05, 0.1) is 26.3 Å². The first kappa shape index (κ1) is 24.1. The molecule has 132 valence electrons. The Balaban J connectivity index is 0. The van der Waals surface area contributed by atoms with Gasteiger partial charge in [-0.15, -0.1) is 13.1 Å². The van der Waals surface area contributed by atoms with E-state index in [0.29, 0.717) is 0 Å². The first-order chi connectivity index (χ1) is 9.80. The Bertz CT molecular complexity index is 306. The van der Waals surface area contributed by atoms with Crippen molar-refractivity contribution < 1.29 is 45.4 Å². The molecule has 0 unspecified atom stereocenters. The quantitative estimate of drug-likeness (QED) is 0.500. The van der Waals surface area contributed by atoms with Gasteiger partial charge in [0.2, 0.25) is 0 Å². The number of halogens is 1. The molecule has 0 saturated heterocycles. The molecule has 10 heteroatoms. The molecule has 0 aromatic rings. The first-order valence-electron chi connectivity index (χ1n) is 6.73. The van der Waals surface area contributed by atoms with Crippen LogP contribution >= 0.6 is 0 Å². The van der Waals surface area contributed by atoms with Gasteiger partial charge in [0.25, 0.3) is 0 Å². The Labute approximate surface area is 143 Å². The topological polar surface area (TPSA) is 142 Å². The van der Waals surface area contributed by atoms with Crippen LogP contribution < -0.4 is 14.0 Å². The molecule has 0 radical (unpaired) electrons. The van der Waals surface area contributed by atoms with Gasteiger partial charge in [-0.3, -0.25) is 9.98 Å². The second-order valence-electron chi connectivity index (χ2n) is 4.38. The zero-order valence-electron chi connectivity index (χ0n) is 12.8. The van der Waals surface area contributed by atoms with Crippen molar-refractivity contribution in [3.63, 3.8) is 0 Å². The Hall–Kier alpha value is -0.116. The first-order valence-corrected chi connectivity index (χ1v) is 7.99. The Morgan fingerprint density at radius 3 is 1.50 bits per heavy atom. The van der Waals surface area contributed by atoms with Crippen molar-refractivity contribution in [2.24, 2.45) is 9.98 Å². The van der Waals surface area contributed by atoms with E-state index >= 15 is 0 Å². The maximum atomic E-state index is 8.60. The number of hydrogen-bond donors (Lipinski definition) is 1. The smallest absolute Gasteiger partial charge is 0.664 e. The van der Waals surface area contributed by atoms with Crippen LogP contribution in [0.1, 0.15) is 26.7 Å². The summed E-state index contributed by atoms with van der Waals surface area (Å²) in [6, 6.07) is 0. The molecule has 0 saturated carbocycles. The van der Waals surface area contributed by atoms with Gasteiger partial charge in [0.15, 0.2) is 0 Å². The Kier molecular flexibility index (Phi) is 15.9. The summed E-state index contributed by atoms with van der Waals surface area (Å²) < 4.78 is 32.7. The molecule has 0 aliphatic carbocycles. The summed E-state index contributed by atoms with van der Waals surface area (Å²) in [6.07, 6.45) is 2.06. The van der Waals surface area contributed by atoms with Gasteiger partial charge in [-0.25, -0.2) is 0 Å². The van der Waals surface area contributed by atoms with Crippen LogP contribution in [0.3, 0.4) is 0 Å². The van der Waals surface area contributed by atoms with Crippen molar-refractivity contribution in [3.05, 3.63) is 10.6 Å². The van der Waals surface area contributed by atoms with Crippen LogP contribution in [-0.2, 0) is 16.5 Å². The molecule has 1 rings (SSSR count). The van der Waals surface area contributed by atoms with Crippen LogP contribution in [0.2, 0.25) is 0 Å². The molecule has 0 aromatic heterocycles. The van der Waals surface area contributed by atoms with Crippen LogP contribution in [0.15, 0.2) is 9.98 Å². The molecular weight excluding hydrogens is 358 g/mol. The van der Waals surface area contributed by atoms with Crippen LogP contribution in [0.4, 0.5) is 0 Å². The predicted molar refractivity (Wildman–Crippen MR) is 73.6 cm³/mol. The van der Waals surface area contributed by atoms with Crippen molar-refractivity contribution in [1.82, 2.24) is 0 Å². The van der Waals surface area contributed by atoms with Gasteiger partial charge in [-0.1, -0.05) is 12.8 Å². The van der Waals surface area contributed by atoms with E-state index in [1.807, 2.05) is 13.8 Å². The summed E-state index contributed by atoms with van der Waals surface area (Å²) in [5.41, 5.74) is 2.13. The SMILES string of the molecule is CC1=NCCC[N-]CC[N-]CCCN=C1C.[Ni+2].[O-][Cl+3]([O-])([O-])O. The predicted octanol–water partition coefficient (Wildman–Crippen LogP) is -1.68. The van der Waals surface area contributed by atoms with E-state index in [1.54, 1.807) is 0 Å². The number of nitrogens with zero attached hydrogens (tertiary/aromatic N) is 4. The maximum Gasteiger partial charge on any atom is 2.00 e. The Morgan fingerprint density at radius 1 is 0.864 bits per heavy atom. The Morgan fingerprint density at radius 2 is 1.18 bits per heavy atom. The molecule has 22 heavy (non-hydrogen) atoms. The molecule has 0 aromatic carbocycles. The van der Waals surface area contributed by atoms with Crippen molar-refractivity contribution in [1.29, 1.82) is 0 Å². The van der Waals surface area contributed by atoms with Crippen molar-refractivity contribution in [3.8, 4) is 0 Å². The second kappa shape index (κ2) is 14.5. The number of hydrogen-bond acceptors (Lipinski definition) is 6.